The molecule has 0 spiro atoms. The van der Waals surface area contributed by atoms with Crippen LogP contribution in [0.1, 0.15) is 18.2 Å². The standard InChI is InChI=1S/C19H20ClN3O3S/c1-3-26-17-8-10-18(11-9-17)27(24,25)22-19-12-14(2)23(21-19)13-15-4-6-16(20)7-5-15/h4-12H,3,13H2,1-2H3,(H,21,22). The molecule has 1 N–H and O–H groups in total. The van der Waals surface area contributed by atoms with Crippen LogP contribution in [0.15, 0.2) is 59.5 Å². The van der Waals surface area contributed by atoms with Crippen molar-refractivity contribution in [3.8, 4) is 5.75 Å². The molecule has 0 aliphatic heterocycles. The van der Waals surface area contributed by atoms with E-state index in [9.17, 15) is 8.42 Å². The van der Waals surface area contributed by atoms with Gasteiger partial charge in [-0.3, -0.25) is 9.40 Å². The zero-order valence-corrected chi connectivity index (χ0v) is 16.6. The zero-order valence-electron chi connectivity index (χ0n) is 15.0. The van der Waals surface area contributed by atoms with Crippen molar-refractivity contribution < 1.29 is 13.2 Å². The van der Waals surface area contributed by atoms with Gasteiger partial charge in [0.05, 0.1) is 18.0 Å². The summed E-state index contributed by atoms with van der Waals surface area (Å²) in [5, 5.41) is 5.02. The summed E-state index contributed by atoms with van der Waals surface area (Å²) in [5.41, 5.74) is 1.86. The minimum Gasteiger partial charge on any atom is -0.494 e. The molecular formula is C19H20ClN3O3S. The highest BCUT2D eigenvalue weighted by Gasteiger charge is 2.17. The largest absolute Gasteiger partial charge is 0.494 e. The molecule has 3 aromatic rings. The molecule has 142 valence electrons. The molecular weight excluding hydrogens is 386 g/mol. The Bertz CT molecular complexity index is 1010. The summed E-state index contributed by atoms with van der Waals surface area (Å²) in [6.45, 7) is 4.79. The van der Waals surface area contributed by atoms with Crippen molar-refractivity contribution in [3.63, 3.8) is 0 Å². The molecule has 2 aromatic carbocycles. The lowest BCUT2D eigenvalue weighted by molar-refractivity contribution is 0.340. The first kappa shape index (κ1) is 19.3. The van der Waals surface area contributed by atoms with E-state index in [0.29, 0.717) is 23.9 Å². The number of ether oxygens (including phenoxy) is 1. The average molecular weight is 406 g/mol. The molecule has 6 nitrogen and oxygen atoms in total. The maximum absolute atomic E-state index is 12.6. The van der Waals surface area contributed by atoms with Gasteiger partial charge in [-0.1, -0.05) is 23.7 Å². The van der Waals surface area contributed by atoms with E-state index < -0.39 is 10.0 Å². The highest BCUT2D eigenvalue weighted by Crippen LogP contribution is 2.20. The van der Waals surface area contributed by atoms with Crippen molar-refractivity contribution in [1.29, 1.82) is 0 Å². The lowest BCUT2D eigenvalue weighted by atomic mass is 10.2. The number of benzene rings is 2. The number of halogens is 1. The van der Waals surface area contributed by atoms with Gasteiger partial charge in [-0.25, -0.2) is 8.42 Å². The number of aryl methyl sites for hydroxylation is 1. The highest BCUT2D eigenvalue weighted by molar-refractivity contribution is 7.92. The van der Waals surface area contributed by atoms with Gasteiger partial charge >= 0.3 is 0 Å². The van der Waals surface area contributed by atoms with Crippen LogP contribution in [0.2, 0.25) is 5.02 Å². The van der Waals surface area contributed by atoms with Crippen LogP contribution in [0.25, 0.3) is 0 Å². The van der Waals surface area contributed by atoms with Crippen LogP contribution >= 0.6 is 11.6 Å². The van der Waals surface area contributed by atoms with Gasteiger partial charge < -0.3 is 4.74 Å². The van der Waals surface area contributed by atoms with Crippen molar-refractivity contribution >= 4 is 27.4 Å². The third-order valence-corrected chi connectivity index (χ3v) is 5.53. The maximum Gasteiger partial charge on any atom is 0.263 e. The molecule has 0 fully saturated rings. The molecule has 0 unspecified atom stereocenters. The molecule has 27 heavy (non-hydrogen) atoms. The third kappa shape index (κ3) is 4.81. The third-order valence-electron chi connectivity index (χ3n) is 3.91. The number of rotatable bonds is 7. The van der Waals surface area contributed by atoms with Gasteiger partial charge in [0.1, 0.15) is 5.75 Å². The molecule has 1 aromatic heterocycles. The number of aromatic nitrogens is 2. The van der Waals surface area contributed by atoms with Gasteiger partial charge in [-0.15, -0.1) is 0 Å². The average Bonchev–Trinajstić information content (AvgIpc) is 2.96. The lowest BCUT2D eigenvalue weighted by Gasteiger charge is -2.07. The maximum atomic E-state index is 12.6. The first-order chi connectivity index (χ1) is 12.9. The van der Waals surface area contributed by atoms with Gasteiger partial charge in [0.2, 0.25) is 0 Å². The first-order valence-electron chi connectivity index (χ1n) is 8.42. The van der Waals surface area contributed by atoms with Crippen molar-refractivity contribution in [2.75, 3.05) is 11.3 Å². The Kier molecular flexibility index (Phi) is 5.72. The summed E-state index contributed by atoms with van der Waals surface area (Å²) < 4.78 is 34.7. The second-order valence-electron chi connectivity index (χ2n) is 5.96. The Morgan fingerprint density at radius 2 is 1.78 bits per heavy atom. The normalized spacial score (nSPS) is 11.4. The minimum absolute atomic E-state index is 0.149. The predicted octanol–water partition coefficient (Wildman–Crippen LogP) is 4.09. The fraction of sp³-hybridized carbons (Fsp3) is 0.211. The first-order valence-corrected chi connectivity index (χ1v) is 10.3. The van der Waals surface area contributed by atoms with Crippen LogP contribution in [-0.4, -0.2) is 24.8 Å². The van der Waals surface area contributed by atoms with E-state index >= 15 is 0 Å². The van der Waals surface area contributed by atoms with E-state index in [-0.39, 0.29) is 10.7 Å². The fourth-order valence-corrected chi connectivity index (χ4v) is 3.67. The molecule has 0 aliphatic rings. The molecule has 0 aliphatic carbocycles. The smallest absolute Gasteiger partial charge is 0.263 e. The number of nitrogens with one attached hydrogen (secondary N) is 1. The topological polar surface area (TPSA) is 73.2 Å². The minimum atomic E-state index is -3.73. The Labute approximate surface area is 163 Å². The van der Waals surface area contributed by atoms with Crippen molar-refractivity contribution in [2.45, 2.75) is 25.3 Å². The molecule has 0 saturated carbocycles. The van der Waals surface area contributed by atoms with E-state index in [0.717, 1.165) is 11.3 Å². The highest BCUT2D eigenvalue weighted by atomic mass is 35.5. The van der Waals surface area contributed by atoms with Crippen molar-refractivity contribution in [1.82, 2.24) is 9.78 Å². The van der Waals surface area contributed by atoms with E-state index in [2.05, 4.69) is 9.82 Å². The van der Waals surface area contributed by atoms with Gasteiger partial charge in [0, 0.05) is 16.8 Å². The van der Waals surface area contributed by atoms with Gasteiger partial charge in [0.25, 0.3) is 10.0 Å². The SMILES string of the molecule is CCOc1ccc(S(=O)(=O)Nc2cc(C)n(Cc3ccc(Cl)cc3)n2)cc1. The molecule has 0 bridgehead atoms. The van der Waals surface area contributed by atoms with Crippen LogP contribution in [0.5, 0.6) is 5.75 Å². The van der Waals surface area contributed by atoms with Crippen LogP contribution in [-0.2, 0) is 16.6 Å². The van der Waals surface area contributed by atoms with E-state index in [1.807, 2.05) is 38.1 Å². The molecule has 0 amide bonds. The number of anilines is 1. The number of hydrogen-bond acceptors (Lipinski definition) is 4. The molecule has 0 saturated heterocycles. The Morgan fingerprint density at radius 1 is 1.11 bits per heavy atom. The van der Waals surface area contributed by atoms with E-state index in [4.69, 9.17) is 16.3 Å². The van der Waals surface area contributed by atoms with Crippen LogP contribution in [0.3, 0.4) is 0 Å². The summed E-state index contributed by atoms with van der Waals surface area (Å²) in [5.74, 6) is 0.898. The number of hydrogen-bond donors (Lipinski definition) is 1. The Balaban J connectivity index is 1.76. The Morgan fingerprint density at radius 3 is 2.41 bits per heavy atom. The van der Waals surface area contributed by atoms with Gasteiger partial charge in [0.15, 0.2) is 5.82 Å². The summed E-state index contributed by atoms with van der Waals surface area (Å²) in [6.07, 6.45) is 0. The lowest BCUT2D eigenvalue weighted by Crippen LogP contribution is -2.14. The van der Waals surface area contributed by atoms with Crippen LogP contribution in [0.4, 0.5) is 5.82 Å². The molecule has 8 heteroatoms. The fourth-order valence-electron chi connectivity index (χ4n) is 2.56. The summed E-state index contributed by atoms with van der Waals surface area (Å²) >= 11 is 5.90. The molecule has 0 atom stereocenters. The van der Waals surface area contributed by atoms with Gasteiger partial charge in [-0.05, 0) is 55.8 Å². The van der Waals surface area contributed by atoms with Crippen LogP contribution < -0.4 is 9.46 Å². The predicted molar refractivity (Wildman–Crippen MR) is 106 cm³/mol. The number of nitrogens with zero attached hydrogens (tertiary/aromatic N) is 2. The Hall–Kier alpha value is -2.51. The summed E-state index contributed by atoms with van der Waals surface area (Å²) in [7, 11) is -3.73. The molecule has 0 radical (unpaired) electrons. The monoisotopic (exact) mass is 405 g/mol. The molecule has 3 rings (SSSR count). The second-order valence-corrected chi connectivity index (χ2v) is 8.08. The number of sulfonamides is 1. The van der Waals surface area contributed by atoms with Gasteiger partial charge in [-0.2, -0.15) is 5.10 Å². The van der Waals surface area contributed by atoms with Crippen LogP contribution in [0, 0.1) is 6.92 Å². The van der Waals surface area contributed by atoms with Crippen molar-refractivity contribution in [2.24, 2.45) is 0 Å². The zero-order chi connectivity index (χ0) is 19.4. The summed E-state index contributed by atoms with van der Waals surface area (Å²) in [6, 6.07) is 15.4. The quantitative estimate of drug-likeness (QED) is 0.642. The van der Waals surface area contributed by atoms with Crippen molar-refractivity contribution in [3.05, 3.63) is 70.9 Å². The van der Waals surface area contributed by atoms with E-state index in [1.165, 1.54) is 12.1 Å². The second kappa shape index (κ2) is 8.02. The summed E-state index contributed by atoms with van der Waals surface area (Å²) in [4.78, 5) is 0.149. The molecule has 1 heterocycles. The van der Waals surface area contributed by atoms with E-state index in [1.54, 1.807) is 22.9 Å².